The minimum atomic E-state index is -2.70. The number of amides is 1. The second-order valence-electron chi connectivity index (χ2n) is 11.8. The Labute approximate surface area is 228 Å². The number of likely N-dealkylation sites (tertiary alicyclic amines) is 1. The molecule has 1 saturated heterocycles. The monoisotopic (exact) mass is 528 g/mol. The molecular weight excluding hydrogens is 488 g/mol. The smallest absolute Gasteiger partial charge is 0.276 e. The van der Waals surface area contributed by atoms with Gasteiger partial charge < -0.3 is 14.1 Å². The molecule has 38 heavy (non-hydrogen) atoms. The predicted molar refractivity (Wildman–Crippen MR) is 155 cm³/mol. The van der Waals surface area contributed by atoms with E-state index in [0.717, 1.165) is 18.7 Å². The second-order valence-corrected chi connectivity index (χ2v) is 16.1. The summed E-state index contributed by atoms with van der Waals surface area (Å²) in [4.78, 5) is 20.7. The van der Waals surface area contributed by atoms with Crippen molar-refractivity contribution < 1.29 is 14.0 Å². The van der Waals surface area contributed by atoms with Gasteiger partial charge >= 0.3 is 0 Å². The molecule has 1 aromatic heterocycles. The van der Waals surface area contributed by atoms with Gasteiger partial charge in [-0.05, 0) is 66.1 Å². The molecule has 2 aromatic carbocycles. The van der Waals surface area contributed by atoms with Gasteiger partial charge in [-0.1, -0.05) is 81.4 Å². The summed E-state index contributed by atoms with van der Waals surface area (Å²) in [5.74, 6) is 1.79. The quantitative estimate of drug-likeness (QED) is 0.377. The van der Waals surface area contributed by atoms with Gasteiger partial charge in [-0.25, -0.2) is 4.98 Å². The normalized spacial score (nSPS) is 21.1. The maximum atomic E-state index is 14.0. The molecule has 5 nitrogen and oxygen atoms in total. The highest BCUT2D eigenvalue weighted by atomic mass is 28.4. The molecule has 2 fully saturated rings. The number of aryl methyl sites for hydroxylation is 1. The van der Waals surface area contributed by atoms with Crippen LogP contribution in [0.3, 0.4) is 0 Å². The summed E-state index contributed by atoms with van der Waals surface area (Å²) in [7, 11) is -2.70. The van der Waals surface area contributed by atoms with Gasteiger partial charge in [-0.3, -0.25) is 4.79 Å². The maximum Gasteiger partial charge on any atom is 0.276 e. The molecule has 0 spiro atoms. The molecule has 0 bridgehead atoms. The Morgan fingerprint density at radius 3 is 2.16 bits per heavy atom. The van der Waals surface area contributed by atoms with Crippen LogP contribution < -0.4 is 15.1 Å². The molecular formula is C32H40N2O3Si. The van der Waals surface area contributed by atoms with Crippen LogP contribution in [0.1, 0.15) is 56.7 Å². The number of rotatable bonds is 8. The molecule has 3 aromatic rings. The third kappa shape index (κ3) is 5.04. The lowest BCUT2D eigenvalue weighted by Gasteiger charge is -2.45. The molecule has 1 unspecified atom stereocenters. The van der Waals surface area contributed by atoms with Gasteiger partial charge in [0.25, 0.3) is 14.2 Å². The largest absolute Gasteiger partial charge is 0.491 e. The van der Waals surface area contributed by atoms with E-state index < -0.39 is 8.32 Å². The number of benzene rings is 2. The first-order chi connectivity index (χ1) is 18.2. The number of hydrogen-bond acceptors (Lipinski definition) is 4. The lowest BCUT2D eigenvalue weighted by Crippen LogP contribution is -2.67. The average Bonchev–Trinajstić information content (AvgIpc) is 3.68. The number of piperidine rings is 1. The Hall–Kier alpha value is -2.96. The van der Waals surface area contributed by atoms with Crippen molar-refractivity contribution >= 4 is 24.6 Å². The van der Waals surface area contributed by atoms with Crippen molar-refractivity contribution in [2.45, 2.75) is 58.5 Å². The summed E-state index contributed by atoms with van der Waals surface area (Å²) in [5.41, 5.74) is 1.24. The van der Waals surface area contributed by atoms with Crippen LogP contribution in [0.15, 0.2) is 72.8 Å². The number of pyridine rings is 1. The van der Waals surface area contributed by atoms with E-state index in [1.807, 2.05) is 30.9 Å². The Morgan fingerprint density at radius 1 is 0.947 bits per heavy atom. The van der Waals surface area contributed by atoms with E-state index in [-0.39, 0.29) is 17.0 Å². The molecule has 3 atom stereocenters. The van der Waals surface area contributed by atoms with Gasteiger partial charge in [0, 0.05) is 12.2 Å². The van der Waals surface area contributed by atoms with Crippen molar-refractivity contribution in [3.8, 4) is 5.75 Å². The fourth-order valence-electron chi connectivity index (χ4n) is 6.20. The van der Waals surface area contributed by atoms with Crippen LogP contribution >= 0.6 is 0 Å². The average molecular weight is 529 g/mol. The second kappa shape index (κ2) is 10.7. The van der Waals surface area contributed by atoms with Crippen molar-refractivity contribution in [2.24, 2.45) is 11.8 Å². The van der Waals surface area contributed by atoms with Crippen LogP contribution in [0.5, 0.6) is 5.75 Å². The zero-order valence-corrected chi connectivity index (χ0v) is 24.3. The van der Waals surface area contributed by atoms with Crippen LogP contribution in [-0.2, 0) is 4.43 Å². The van der Waals surface area contributed by atoms with Crippen LogP contribution in [0, 0.1) is 18.8 Å². The summed E-state index contributed by atoms with van der Waals surface area (Å²) < 4.78 is 13.1. The first kappa shape index (κ1) is 26.6. The zero-order chi connectivity index (χ0) is 26.9. The first-order valence-electron chi connectivity index (χ1n) is 13.9. The number of hydrogen-bond donors (Lipinski definition) is 0. The summed E-state index contributed by atoms with van der Waals surface area (Å²) in [6.07, 6.45) is 2.17. The minimum Gasteiger partial charge on any atom is -0.491 e. The number of carbonyl (C=O) groups is 1. The molecule has 1 saturated carbocycles. The number of nitrogens with zero attached hydrogens (tertiary/aromatic N) is 2. The van der Waals surface area contributed by atoms with Crippen LogP contribution in [-0.4, -0.2) is 49.9 Å². The summed E-state index contributed by atoms with van der Waals surface area (Å²) in [6.45, 7) is 12.5. The maximum absolute atomic E-state index is 14.0. The molecule has 6 heteroatoms. The standard InChI is InChI=1S/C32H40N2O3Si/c1-6-36-29-18-17-23(2)33-30(29)31(35)34-21-25-19-24(25)20-26(34)22-37-38(32(3,4)5,27-13-9-7-10-14-27)28-15-11-8-12-16-28/h7-18,24-26H,6,19-22H2,1-5H3/t24?,25-,26-/m0/s1. The third-order valence-corrected chi connectivity index (χ3v) is 13.2. The van der Waals surface area contributed by atoms with Gasteiger partial charge in [0.1, 0.15) is 0 Å². The summed E-state index contributed by atoms with van der Waals surface area (Å²) in [6, 6.07) is 25.2. The van der Waals surface area contributed by atoms with Crippen LogP contribution in [0.25, 0.3) is 0 Å². The first-order valence-corrected chi connectivity index (χ1v) is 15.8. The van der Waals surface area contributed by atoms with E-state index in [0.29, 0.717) is 36.5 Å². The summed E-state index contributed by atoms with van der Waals surface area (Å²) in [5, 5.41) is 2.41. The molecule has 1 aliphatic carbocycles. The number of fused-ring (bicyclic) bond motifs is 1. The van der Waals surface area contributed by atoms with Crippen molar-refractivity contribution in [2.75, 3.05) is 19.8 Å². The van der Waals surface area contributed by atoms with E-state index >= 15 is 0 Å². The van der Waals surface area contributed by atoms with E-state index in [1.54, 1.807) is 0 Å². The van der Waals surface area contributed by atoms with Gasteiger partial charge in [0.2, 0.25) is 0 Å². The Kier molecular flexibility index (Phi) is 7.47. The highest BCUT2D eigenvalue weighted by molar-refractivity contribution is 6.99. The van der Waals surface area contributed by atoms with Crippen LogP contribution in [0.2, 0.25) is 5.04 Å². The molecule has 1 aliphatic heterocycles. The molecule has 2 heterocycles. The van der Waals surface area contributed by atoms with E-state index in [2.05, 4.69) is 86.4 Å². The fourth-order valence-corrected chi connectivity index (χ4v) is 10.8. The molecule has 1 amide bonds. The minimum absolute atomic E-state index is 0.00434. The molecule has 2 aliphatic rings. The molecule has 0 N–H and O–H groups in total. The predicted octanol–water partition coefficient (Wildman–Crippen LogP) is 5.22. The lowest BCUT2D eigenvalue weighted by molar-refractivity contribution is 0.0493. The number of carbonyl (C=O) groups excluding carboxylic acids is 1. The Morgan fingerprint density at radius 2 is 1.58 bits per heavy atom. The SMILES string of the molecule is CCOc1ccc(C)nc1C(=O)N1C[C@@H]2CC2C[C@H]1CO[Si](c1ccccc1)(c1ccccc1)C(C)(C)C. The van der Waals surface area contributed by atoms with Crippen molar-refractivity contribution in [3.63, 3.8) is 0 Å². The number of aromatic nitrogens is 1. The number of ether oxygens (including phenoxy) is 1. The van der Waals surface area contributed by atoms with Crippen molar-refractivity contribution in [3.05, 3.63) is 84.2 Å². The lowest BCUT2D eigenvalue weighted by atomic mass is 10.0. The molecule has 0 radical (unpaired) electrons. The van der Waals surface area contributed by atoms with Gasteiger partial charge in [0.05, 0.1) is 19.3 Å². The third-order valence-electron chi connectivity index (χ3n) is 8.19. The molecule has 200 valence electrons. The van der Waals surface area contributed by atoms with Gasteiger partial charge in [0.15, 0.2) is 11.4 Å². The van der Waals surface area contributed by atoms with E-state index in [1.165, 1.54) is 16.8 Å². The summed E-state index contributed by atoms with van der Waals surface area (Å²) >= 11 is 0. The Balaban J connectivity index is 1.50. The van der Waals surface area contributed by atoms with E-state index in [9.17, 15) is 4.79 Å². The van der Waals surface area contributed by atoms with Gasteiger partial charge in [-0.2, -0.15) is 0 Å². The van der Waals surface area contributed by atoms with E-state index in [4.69, 9.17) is 9.16 Å². The fraction of sp³-hybridized carbons (Fsp3) is 0.438. The molecule has 5 rings (SSSR count). The van der Waals surface area contributed by atoms with Gasteiger partial charge in [-0.15, -0.1) is 0 Å². The van der Waals surface area contributed by atoms with Crippen LogP contribution in [0.4, 0.5) is 0 Å². The van der Waals surface area contributed by atoms with Crippen molar-refractivity contribution in [1.82, 2.24) is 9.88 Å². The highest BCUT2D eigenvalue weighted by Crippen LogP contribution is 2.48. The van der Waals surface area contributed by atoms with Crippen molar-refractivity contribution in [1.29, 1.82) is 0 Å². The highest BCUT2D eigenvalue weighted by Gasteiger charge is 2.52. The topological polar surface area (TPSA) is 51.7 Å². The Bertz CT molecular complexity index is 1220. The zero-order valence-electron chi connectivity index (χ0n) is 23.3.